The van der Waals surface area contributed by atoms with Gasteiger partial charge in [0.25, 0.3) is 0 Å². The number of hydrogen-bond donors (Lipinski definition) is 1. The molecule has 2 heterocycles. The number of rotatable bonds is 4. The van der Waals surface area contributed by atoms with Crippen molar-refractivity contribution in [3.8, 4) is 0 Å². The average molecular weight is 260 g/mol. The second kappa shape index (κ2) is 4.80. The van der Waals surface area contributed by atoms with E-state index in [0.717, 1.165) is 11.6 Å². The summed E-state index contributed by atoms with van der Waals surface area (Å²) in [6.07, 6.45) is 1.30. The first-order chi connectivity index (χ1) is 8.77. The van der Waals surface area contributed by atoms with E-state index in [0.29, 0.717) is 6.04 Å². The maximum absolute atomic E-state index is 10.2. The van der Waals surface area contributed by atoms with Crippen LogP contribution in [0.5, 0.6) is 0 Å². The van der Waals surface area contributed by atoms with Gasteiger partial charge in [0.15, 0.2) is 0 Å². The van der Waals surface area contributed by atoms with Crippen molar-refractivity contribution in [1.29, 1.82) is 0 Å². The molecule has 1 aliphatic heterocycles. The van der Waals surface area contributed by atoms with Gasteiger partial charge in [-0.25, -0.2) is 4.98 Å². The molecule has 4 heteroatoms. The average Bonchev–Trinajstić information content (AvgIpc) is 3.03. The SMILES string of the molecule is C[C@@H](c1ccccc1)N1C[C@@H]1[C@H](O)c1nccs1. The molecule has 2 aromatic rings. The molecule has 1 unspecified atom stereocenters. The van der Waals surface area contributed by atoms with Crippen molar-refractivity contribution in [1.82, 2.24) is 9.88 Å². The van der Waals surface area contributed by atoms with Gasteiger partial charge >= 0.3 is 0 Å². The van der Waals surface area contributed by atoms with Crippen molar-refractivity contribution in [2.45, 2.75) is 25.1 Å². The van der Waals surface area contributed by atoms with Gasteiger partial charge in [-0.2, -0.15) is 0 Å². The van der Waals surface area contributed by atoms with E-state index >= 15 is 0 Å². The molecule has 0 aliphatic carbocycles. The van der Waals surface area contributed by atoms with Crippen LogP contribution >= 0.6 is 11.3 Å². The van der Waals surface area contributed by atoms with Crippen LogP contribution in [0.1, 0.15) is 29.6 Å². The summed E-state index contributed by atoms with van der Waals surface area (Å²) in [5, 5.41) is 13.0. The van der Waals surface area contributed by atoms with E-state index in [2.05, 4.69) is 41.1 Å². The Labute approximate surface area is 111 Å². The number of aliphatic hydroxyl groups excluding tert-OH is 1. The molecular formula is C14H16N2OS. The lowest BCUT2D eigenvalue weighted by Crippen LogP contribution is -2.14. The Morgan fingerprint density at radius 2 is 2.17 bits per heavy atom. The van der Waals surface area contributed by atoms with E-state index in [1.165, 1.54) is 16.9 Å². The lowest BCUT2D eigenvalue weighted by atomic mass is 10.1. The Balaban J connectivity index is 1.67. The molecule has 1 saturated heterocycles. The lowest BCUT2D eigenvalue weighted by Gasteiger charge is -2.16. The van der Waals surface area contributed by atoms with Crippen molar-refractivity contribution in [2.75, 3.05) is 6.54 Å². The predicted molar refractivity (Wildman–Crippen MR) is 72.4 cm³/mol. The van der Waals surface area contributed by atoms with Crippen LogP contribution in [0, 0.1) is 0 Å². The van der Waals surface area contributed by atoms with Gasteiger partial charge in [-0.15, -0.1) is 11.3 Å². The molecule has 3 nitrogen and oxygen atoms in total. The van der Waals surface area contributed by atoms with Crippen LogP contribution in [0.4, 0.5) is 0 Å². The predicted octanol–water partition coefficient (Wildman–Crippen LogP) is 2.62. The highest BCUT2D eigenvalue weighted by atomic mass is 32.1. The molecule has 1 fully saturated rings. The first kappa shape index (κ1) is 11.8. The number of thiazole rings is 1. The maximum atomic E-state index is 10.2. The molecule has 0 radical (unpaired) electrons. The van der Waals surface area contributed by atoms with Crippen molar-refractivity contribution in [2.24, 2.45) is 0 Å². The largest absolute Gasteiger partial charge is 0.384 e. The minimum atomic E-state index is -0.448. The van der Waals surface area contributed by atoms with Crippen LogP contribution in [0.2, 0.25) is 0 Å². The zero-order chi connectivity index (χ0) is 12.5. The second-order valence-electron chi connectivity index (χ2n) is 4.67. The fourth-order valence-corrected chi connectivity index (χ4v) is 3.04. The molecule has 0 amide bonds. The minimum absolute atomic E-state index is 0.214. The minimum Gasteiger partial charge on any atom is -0.384 e. The molecule has 0 saturated carbocycles. The summed E-state index contributed by atoms with van der Waals surface area (Å²) in [4.78, 5) is 6.49. The van der Waals surface area contributed by atoms with Crippen molar-refractivity contribution in [3.63, 3.8) is 0 Å². The van der Waals surface area contributed by atoms with Gasteiger partial charge in [0.05, 0.1) is 6.04 Å². The summed E-state index contributed by atoms with van der Waals surface area (Å²) in [5.41, 5.74) is 1.30. The zero-order valence-corrected chi connectivity index (χ0v) is 11.0. The zero-order valence-electron chi connectivity index (χ0n) is 10.2. The first-order valence-corrected chi connectivity index (χ1v) is 7.03. The number of benzene rings is 1. The molecule has 0 bridgehead atoms. The van der Waals surface area contributed by atoms with Gasteiger partial charge in [0.2, 0.25) is 0 Å². The fourth-order valence-electron chi connectivity index (χ4n) is 2.36. The maximum Gasteiger partial charge on any atom is 0.123 e. The van der Waals surface area contributed by atoms with Gasteiger partial charge < -0.3 is 5.11 Å². The molecule has 1 aromatic heterocycles. The molecule has 1 aromatic carbocycles. The van der Waals surface area contributed by atoms with Crippen LogP contribution in [0.25, 0.3) is 0 Å². The Kier molecular flexibility index (Phi) is 3.16. The third kappa shape index (κ3) is 2.19. The van der Waals surface area contributed by atoms with Crippen LogP contribution in [0.3, 0.4) is 0 Å². The molecular weight excluding hydrogens is 244 g/mol. The molecule has 1 aliphatic rings. The summed E-state index contributed by atoms with van der Waals surface area (Å²) in [5.74, 6) is 0. The molecule has 3 rings (SSSR count). The normalized spacial score (nSPS) is 25.7. The van der Waals surface area contributed by atoms with E-state index in [9.17, 15) is 5.11 Å². The smallest absolute Gasteiger partial charge is 0.123 e. The highest BCUT2D eigenvalue weighted by Gasteiger charge is 2.44. The second-order valence-corrected chi connectivity index (χ2v) is 5.59. The van der Waals surface area contributed by atoms with Crippen molar-refractivity contribution in [3.05, 3.63) is 52.5 Å². The first-order valence-electron chi connectivity index (χ1n) is 6.15. The van der Waals surface area contributed by atoms with Crippen LogP contribution in [0.15, 0.2) is 41.9 Å². The van der Waals surface area contributed by atoms with Gasteiger partial charge in [-0.1, -0.05) is 30.3 Å². The summed E-state index contributed by atoms with van der Waals surface area (Å²) in [6.45, 7) is 3.13. The van der Waals surface area contributed by atoms with Crippen molar-refractivity contribution < 1.29 is 5.11 Å². The Morgan fingerprint density at radius 3 is 2.83 bits per heavy atom. The summed E-state index contributed by atoms with van der Waals surface area (Å²) >= 11 is 1.52. The molecule has 1 N–H and O–H groups in total. The third-order valence-electron chi connectivity index (χ3n) is 3.54. The Bertz CT molecular complexity index is 500. The molecule has 0 spiro atoms. The Hall–Kier alpha value is -1.23. The van der Waals surface area contributed by atoms with E-state index in [1.54, 1.807) is 6.20 Å². The topological polar surface area (TPSA) is 36.1 Å². The highest BCUT2D eigenvalue weighted by Crippen LogP contribution is 2.38. The molecule has 4 atom stereocenters. The van der Waals surface area contributed by atoms with E-state index in [-0.39, 0.29) is 6.04 Å². The van der Waals surface area contributed by atoms with Crippen molar-refractivity contribution >= 4 is 11.3 Å². The number of aromatic nitrogens is 1. The van der Waals surface area contributed by atoms with Gasteiger partial charge in [0, 0.05) is 24.2 Å². The Morgan fingerprint density at radius 1 is 1.39 bits per heavy atom. The van der Waals surface area contributed by atoms with Gasteiger partial charge in [-0.3, -0.25) is 4.90 Å². The van der Waals surface area contributed by atoms with Crippen LogP contribution in [-0.4, -0.2) is 27.6 Å². The number of hydrogen-bond acceptors (Lipinski definition) is 4. The lowest BCUT2D eigenvalue weighted by molar-refractivity contribution is 0.150. The summed E-state index contributed by atoms with van der Waals surface area (Å²) in [7, 11) is 0. The monoisotopic (exact) mass is 260 g/mol. The van der Waals surface area contributed by atoms with Crippen LogP contribution < -0.4 is 0 Å². The molecule has 18 heavy (non-hydrogen) atoms. The summed E-state index contributed by atoms with van der Waals surface area (Å²) in [6, 6.07) is 11.0. The quantitative estimate of drug-likeness (QED) is 0.858. The fraction of sp³-hybridized carbons (Fsp3) is 0.357. The van der Waals surface area contributed by atoms with Gasteiger partial charge in [-0.05, 0) is 12.5 Å². The van der Waals surface area contributed by atoms with E-state index in [1.807, 2.05) is 11.4 Å². The van der Waals surface area contributed by atoms with E-state index < -0.39 is 6.10 Å². The highest BCUT2D eigenvalue weighted by molar-refractivity contribution is 7.09. The number of aliphatic hydroxyl groups is 1. The number of nitrogens with zero attached hydrogens (tertiary/aromatic N) is 2. The summed E-state index contributed by atoms with van der Waals surface area (Å²) < 4.78 is 0. The van der Waals surface area contributed by atoms with E-state index in [4.69, 9.17) is 0 Å². The standard InChI is InChI=1S/C14H16N2OS/c1-10(11-5-3-2-4-6-11)16-9-12(16)13(17)14-15-7-8-18-14/h2-8,10,12-13,17H,9H2,1H3/t10-,12+,13-,16?/m0/s1. The third-order valence-corrected chi connectivity index (χ3v) is 4.38. The van der Waals surface area contributed by atoms with Gasteiger partial charge in [0.1, 0.15) is 11.1 Å². The molecule has 94 valence electrons. The van der Waals surface area contributed by atoms with Crippen LogP contribution in [-0.2, 0) is 0 Å².